The number of rotatable bonds is 12. The van der Waals surface area contributed by atoms with Crippen molar-refractivity contribution in [2.75, 3.05) is 0 Å². The highest BCUT2D eigenvalue weighted by Crippen LogP contribution is 2.46. The topological polar surface area (TPSA) is 0 Å². The lowest BCUT2D eigenvalue weighted by Gasteiger charge is -2.38. The van der Waals surface area contributed by atoms with Gasteiger partial charge in [-0.1, -0.05) is 115 Å². The fourth-order valence-electron chi connectivity index (χ4n) is 10.2. The van der Waals surface area contributed by atoms with Crippen molar-refractivity contribution in [2.24, 2.45) is 35.5 Å². The van der Waals surface area contributed by atoms with E-state index in [0.29, 0.717) is 0 Å². The van der Waals surface area contributed by atoms with Gasteiger partial charge in [0.1, 0.15) is 0 Å². The molecule has 1 aromatic rings. The fourth-order valence-corrected chi connectivity index (χ4v) is 10.2. The summed E-state index contributed by atoms with van der Waals surface area (Å²) >= 11 is 0. The molecule has 0 heterocycles. The molecular formula is C40H66. The molecule has 4 aliphatic rings. The van der Waals surface area contributed by atoms with Gasteiger partial charge in [0.2, 0.25) is 0 Å². The minimum atomic E-state index is 0.837. The molecule has 0 unspecified atom stereocenters. The zero-order valence-electron chi connectivity index (χ0n) is 26.9. The maximum atomic E-state index is 2.55. The van der Waals surface area contributed by atoms with Gasteiger partial charge in [-0.05, 0) is 136 Å². The van der Waals surface area contributed by atoms with Crippen LogP contribution in [0, 0.1) is 35.5 Å². The third-order valence-electron chi connectivity index (χ3n) is 13.0. The Balaban J connectivity index is 0.994. The molecular weight excluding hydrogens is 480 g/mol. The minimum absolute atomic E-state index is 0.837. The number of benzene rings is 1. The van der Waals surface area contributed by atoms with Crippen LogP contribution in [0.25, 0.3) is 0 Å². The van der Waals surface area contributed by atoms with Crippen LogP contribution in [0.15, 0.2) is 24.3 Å². The molecule has 0 radical (unpaired) electrons. The summed E-state index contributed by atoms with van der Waals surface area (Å²) in [5, 5.41) is 0. The van der Waals surface area contributed by atoms with Gasteiger partial charge in [0, 0.05) is 0 Å². The summed E-state index contributed by atoms with van der Waals surface area (Å²) < 4.78 is 0. The highest BCUT2D eigenvalue weighted by molar-refractivity contribution is 5.28. The Hall–Kier alpha value is -0.780. The summed E-state index contributed by atoms with van der Waals surface area (Å²) in [7, 11) is 0. The number of hydrogen-bond acceptors (Lipinski definition) is 0. The molecule has 226 valence electrons. The van der Waals surface area contributed by atoms with Gasteiger partial charge in [0.15, 0.2) is 0 Å². The lowest BCUT2D eigenvalue weighted by Crippen LogP contribution is -2.25. The van der Waals surface area contributed by atoms with E-state index in [2.05, 4.69) is 38.1 Å². The van der Waals surface area contributed by atoms with Crippen molar-refractivity contribution >= 4 is 0 Å². The number of unbranched alkanes of at least 4 members (excludes halogenated alkanes) is 4. The molecule has 40 heavy (non-hydrogen) atoms. The van der Waals surface area contributed by atoms with Crippen molar-refractivity contribution in [2.45, 2.75) is 180 Å². The van der Waals surface area contributed by atoms with E-state index in [9.17, 15) is 0 Å². The molecule has 4 saturated carbocycles. The Morgan fingerprint density at radius 1 is 0.400 bits per heavy atom. The molecule has 0 heteroatoms. The highest BCUT2D eigenvalue weighted by Gasteiger charge is 2.33. The molecule has 0 atom stereocenters. The van der Waals surface area contributed by atoms with E-state index >= 15 is 0 Å². The van der Waals surface area contributed by atoms with Gasteiger partial charge in [-0.25, -0.2) is 0 Å². The maximum Gasteiger partial charge on any atom is -0.0162 e. The van der Waals surface area contributed by atoms with E-state index in [1.807, 2.05) is 0 Å². The van der Waals surface area contributed by atoms with Gasteiger partial charge in [-0.15, -0.1) is 0 Å². The van der Waals surface area contributed by atoms with Crippen LogP contribution in [0.1, 0.15) is 191 Å². The van der Waals surface area contributed by atoms with Gasteiger partial charge >= 0.3 is 0 Å². The van der Waals surface area contributed by atoms with Gasteiger partial charge in [0.25, 0.3) is 0 Å². The first-order valence-corrected chi connectivity index (χ1v) is 18.8. The quantitative estimate of drug-likeness (QED) is 0.229. The Bertz CT molecular complexity index is 720. The largest absolute Gasteiger partial charge is 0.0654 e. The Kier molecular flexibility index (Phi) is 12.4. The molecule has 4 aliphatic carbocycles. The monoisotopic (exact) mass is 547 g/mol. The maximum absolute atomic E-state index is 2.55. The summed E-state index contributed by atoms with van der Waals surface area (Å²) in [5.74, 6) is 7.99. The van der Waals surface area contributed by atoms with Crippen LogP contribution in [0.3, 0.4) is 0 Å². The summed E-state index contributed by atoms with van der Waals surface area (Å²) in [6.45, 7) is 4.68. The summed E-state index contributed by atoms with van der Waals surface area (Å²) in [6.07, 6.45) is 35.8. The normalized spacial score (nSPS) is 35.5. The van der Waals surface area contributed by atoms with E-state index in [1.165, 1.54) is 128 Å². The molecule has 0 amide bonds. The lowest BCUT2D eigenvalue weighted by molar-refractivity contribution is 0.155. The third kappa shape index (κ3) is 8.63. The summed E-state index contributed by atoms with van der Waals surface area (Å²) in [6, 6.07) is 10.2. The van der Waals surface area contributed by atoms with Crippen molar-refractivity contribution in [3.8, 4) is 0 Å². The Morgan fingerprint density at radius 2 is 0.700 bits per heavy atom. The highest BCUT2D eigenvalue weighted by atomic mass is 14.4. The van der Waals surface area contributed by atoms with Crippen LogP contribution < -0.4 is 0 Å². The first-order chi connectivity index (χ1) is 19.7. The minimum Gasteiger partial charge on any atom is -0.0654 e. The first kappa shape index (κ1) is 30.7. The van der Waals surface area contributed by atoms with E-state index in [1.54, 1.807) is 36.8 Å². The molecule has 4 fully saturated rings. The van der Waals surface area contributed by atoms with Crippen molar-refractivity contribution in [1.29, 1.82) is 0 Å². The smallest absolute Gasteiger partial charge is 0.0162 e. The van der Waals surface area contributed by atoms with Gasteiger partial charge in [-0.3, -0.25) is 0 Å². The van der Waals surface area contributed by atoms with Gasteiger partial charge in [-0.2, -0.15) is 0 Å². The van der Waals surface area contributed by atoms with Crippen molar-refractivity contribution in [3.63, 3.8) is 0 Å². The van der Waals surface area contributed by atoms with Crippen LogP contribution in [0.4, 0.5) is 0 Å². The summed E-state index contributed by atoms with van der Waals surface area (Å²) in [5.41, 5.74) is 3.32. The molecule has 0 aromatic heterocycles. The summed E-state index contributed by atoms with van der Waals surface area (Å²) in [4.78, 5) is 0. The molecule has 0 bridgehead atoms. The van der Waals surface area contributed by atoms with E-state index in [-0.39, 0.29) is 0 Å². The molecule has 0 saturated heterocycles. The van der Waals surface area contributed by atoms with Crippen molar-refractivity contribution in [3.05, 3.63) is 35.4 Å². The second-order valence-corrected chi connectivity index (χ2v) is 15.4. The SMILES string of the molecule is CCCCCC1CCC(C2CCC(c3ccc(C4CCC(C5CCC(CCCCC)CC5)CC4)cc3)CC2)CC1. The standard InChI is InChI=1S/C40H66/c1-3-5-7-9-31-11-15-33(16-12-31)35-19-23-37(24-20-35)39-27-29-40(30-28-39)38-25-21-36(22-26-38)34-17-13-32(14-18-34)10-8-6-4-2/h27-38H,3-26H2,1-2H3. The van der Waals surface area contributed by atoms with Crippen LogP contribution in [0.2, 0.25) is 0 Å². The molecule has 0 spiro atoms. The molecule has 5 rings (SSSR count). The van der Waals surface area contributed by atoms with E-state index in [4.69, 9.17) is 0 Å². The molecule has 0 nitrogen and oxygen atoms in total. The average Bonchev–Trinajstić information content (AvgIpc) is 3.02. The van der Waals surface area contributed by atoms with Gasteiger partial charge < -0.3 is 0 Å². The fraction of sp³-hybridized carbons (Fsp3) is 0.850. The van der Waals surface area contributed by atoms with Crippen molar-refractivity contribution in [1.82, 2.24) is 0 Å². The number of hydrogen-bond donors (Lipinski definition) is 0. The lowest BCUT2D eigenvalue weighted by atomic mass is 9.67. The predicted molar refractivity (Wildman–Crippen MR) is 175 cm³/mol. The second-order valence-electron chi connectivity index (χ2n) is 15.4. The van der Waals surface area contributed by atoms with Gasteiger partial charge in [0.05, 0.1) is 0 Å². The second kappa shape index (κ2) is 16.2. The van der Waals surface area contributed by atoms with Crippen LogP contribution in [0.5, 0.6) is 0 Å². The van der Waals surface area contributed by atoms with Crippen LogP contribution in [-0.2, 0) is 0 Å². The Labute approximate surface area is 250 Å². The van der Waals surface area contributed by atoms with Crippen LogP contribution in [-0.4, -0.2) is 0 Å². The van der Waals surface area contributed by atoms with E-state index < -0.39 is 0 Å². The molecule has 0 N–H and O–H groups in total. The van der Waals surface area contributed by atoms with Crippen LogP contribution >= 0.6 is 0 Å². The van der Waals surface area contributed by atoms with E-state index in [0.717, 1.165) is 47.3 Å². The predicted octanol–water partition coefficient (Wildman–Crippen LogP) is 13.0. The zero-order chi connectivity index (χ0) is 27.6. The van der Waals surface area contributed by atoms with Crippen molar-refractivity contribution < 1.29 is 0 Å². The molecule has 1 aromatic carbocycles. The first-order valence-electron chi connectivity index (χ1n) is 18.8. The Morgan fingerprint density at radius 3 is 1.00 bits per heavy atom. The zero-order valence-corrected chi connectivity index (χ0v) is 26.9. The molecule has 0 aliphatic heterocycles. The average molecular weight is 547 g/mol. The third-order valence-corrected chi connectivity index (χ3v) is 13.0.